The zero-order valence-electron chi connectivity index (χ0n) is 25.8. The summed E-state index contributed by atoms with van der Waals surface area (Å²) in [7, 11) is -4.03. The highest BCUT2D eigenvalue weighted by Crippen LogP contribution is 2.24. The molecule has 0 unspecified atom stereocenters. The van der Waals surface area contributed by atoms with E-state index in [0.717, 1.165) is 36.0 Å². The van der Waals surface area contributed by atoms with Gasteiger partial charge >= 0.3 is 5.97 Å². The van der Waals surface area contributed by atoms with E-state index in [4.69, 9.17) is 20.4 Å². The van der Waals surface area contributed by atoms with Crippen molar-refractivity contribution in [3.05, 3.63) is 125 Å². The number of nitrogens with two attached hydrogens (primary N) is 1. The van der Waals surface area contributed by atoms with Crippen molar-refractivity contribution in [1.29, 1.82) is 5.41 Å². The van der Waals surface area contributed by atoms with Crippen molar-refractivity contribution in [1.82, 2.24) is 4.90 Å². The summed E-state index contributed by atoms with van der Waals surface area (Å²) >= 11 is 0. The number of piperidine rings is 1. The van der Waals surface area contributed by atoms with Gasteiger partial charge in [0.25, 0.3) is 16.0 Å². The average molecular weight is 642 g/mol. The quantitative estimate of drug-likeness (QED) is 0.0890. The molecule has 0 atom stereocenters. The fraction of sp³-hybridized carbons (Fsp3) is 0.250. The molecule has 10 heteroatoms. The molecule has 1 aliphatic rings. The highest BCUT2D eigenvalue weighted by Gasteiger charge is 2.25. The van der Waals surface area contributed by atoms with Crippen LogP contribution in [-0.2, 0) is 26.1 Å². The van der Waals surface area contributed by atoms with E-state index in [1.165, 1.54) is 6.07 Å². The van der Waals surface area contributed by atoms with Gasteiger partial charge in [-0.05, 0) is 66.1 Å². The summed E-state index contributed by atoms with van der Waals surface area (Å²) in [4.78, 5) is 27.0. The number of carbonyl (C=O) groups excluding carboxylic acids is 2. The molecule has 1 saturated heterocycles. The maximum absolute atomic E-state index is 13.0. The summed E-state index contributed by atoms with van der Waals surface area (Å²) in [5, 5.41) is 7.50. The van der Waals surface area contributed by atoms with Crippen LogP contribution in [0.5, 0.6) is 0 Å². The minimum Gasteiger partial charge on any atom is -0.465 e. The van der Waals surface area contributed by atoms with Gasteiger partial charge in [-0.15, -0.1) is 0 Å². The second-order valence-corrected chi connectivity index (χ2v) is 12.6. The van der Waals surface area contributed by atoms with Gasteiger partial charge in [0.2, 0.25) is 0 Å². The van der Waals surface area contributed by atoms with Crippen molar-refractivity contribution in [3.8, 4) is 11.1 Å². The van der Waals surface area contributed by atoms with Crippen molar-refractivity contribution < 1.29 is 27.3 Å². The zero-order chi connectivity index (χ0) is 33.1. The molecule has 0 saturated carbocycles. The maximum Gasteiger partial charge on any atom is 0.306 e. The SMILES string of the molecule is Cc1ccccc1S(=O)(=O)O.N=C(N)c1ccc(-c2ccc(C(=O)N3CCC(CC(=O)OCCc4ccccc4)CC3)cc2)cc1. The second-order valence-electron chi connectivity index (χ2n) is 11.2. The van der Waals surface area contributed by atoms with Crippen LogP contribution in [0, 0.1) is 18.3 Å². The summed E-state index contributed by atoms with van der Waals surface area (Å²) in [5.41, 5.74) is 10.6. The van der Waals surface area contributed by atoms with E-state index < -0.39 is 10.1 Å². The van der Waals surface area contributed by atoms with Gasteiger partial charge in [0, 0.05) is 37.1 Å². The van der Waals surface area contributed by atoms with Gasteiger partial charge in [0.15, 0.2) is 0 Å². The topological polar surface area (TPSA) is 151 Å². The molecule has 0 spiro atoms. The number of ether oxygens (including phenoxy) is 1. The van der Waals surface area contributed by atoms with E-state index in [-0.39, 0.29) is 28.5 Å². The molecule has 0 aliphatic carbocycles. The van der Waals surface area contributed by atoms with Crippen molar-refractivity contribution >= 4 is 27.8 Å². The van der Waals surface area contributed by atoms with E-state index in [1.54, 1.807) is 25.1 Å². The number of nitrogens with one attached hydrogen (secondary N) is 1. The van der Waals surface area contributed by atoms with Gasteiger partial charge in [-0.3, -0.25) is 19.6 Å². The number of nitrogen functional groups attached to an aromatic ring is 1. The molecule has 1 fully saturated rings. The number of esters is 1. The third kappa shape index (κ3) is 9.85. The van der Waals surface area contributed by atoms with E-state index >= 15 is 0 Å². The van der Waals surface area contributed by atoms with Gasteiger partial charge in [0.1, 0.15) is 5.84 Å². The minimum atomic E-state index is -4.03. The van der Waals surface area contributed by atoms with Crippen molar-refractivity contribution in [2.24, 2.45) is 11.7 Å². The lowest BCUT2D eigenvalue weighted by Gasteiger charge is -2.31. The highest BCUT2D eigenvalue weighted by molar-refractivity contribution is 7.85. The lowest BCUT2D eigenvalue weighted by atomic mass is 9.93. The van der Waals surface area contributed by atoms with Crippen molar-refractivity contribution in [2.45, 2.75) is 37.5 Å². The van der Waals surface area contributed by atoms with Crippen LogP contribution in [0.15, 0.2) is 108 Å². The van der Waals surface area contributed by atoms with Gasteiger partial charge < -0.3 is 15.4 Å². The van der Waals surface area contributed by atoms with Crippen molar-refractivity contribution in [2.75, 3.05) is 19.7 Å². The molecule has 1 heterocycles. The average Bonchev–Trinajstić information content (AvgIpc) is 3.05. The number of amides is 1. The molecular weight excluding hydrogens is 602 g/mol. The molecule has 1 amide bonds. The number of likely N-dealkylation sites (tertiary alicyclic amines) is 1. The highest BCUT2D eigenvalue weighted by atomic mass is 32.2. The Morgan fingerprint density at radius 2 is 1.39 bits per heavy atom. The number of amidine groups is 1. The van der Waals surface area contributed by atoms with E-state index in [1.807, 2.05) is 83.8 Å². The molecule has 1 aliphatic heterocycles. The van der Waals surface area contributed by atoms with Crippen molar-refractivity contribution in [3.63, 3.8) is 0 Å². The lowest BCUT2D eigenvalue weighted by Crippen LogP contribution is -2.39. The van der Waals surface area contributed by atoms with Gasteiger partial charge in [0.05, 0.1) is 11.5 Å². The summed E-state index contributed by atoms with van der Waals surface area (Å²) in [6, 6.07) is 31.3. The predicted molar refractivity (Wildman–Crippen MR) is 178 cm³/mol. The number of hydrogen-bond donors (Lipinski definition) is 3. The molecule has 46 heavy (non-hydrogen) atoms. The van der Waals surface area contributed by atoms with Crippen LogP contribution in [0.1, 0.15) is 46.3 Å². The number of nitrogens with zero attached hydrogens (tertiary/aromatic N) is 1. The monoisotopic (exact) mass is 641 g/mol. The predicted octanol–water partition coefficient (Wildman–Crippen LogP) is 5.91. The molecule has 0 aromatic heterocycles. The summed E-state index contributed by atoms with van der Waals surface area (Å²) in [6.45, 7) is 3.32. The van der Waals surface area contributed by atoms with Gasteiger partial charge in [-0.25, -0.2) is 0 Å². The number of rotatable bonds is 9. The van der Waals surface area contributed by atoms with Crippen LogP contribution in [0.4, 0.5) is 0 Å². The Kier molecular flexibility index (Phi) is 11.8. The molecule has 4 N–H and O–H groups in total. The largest absolute Gasteiger partial charge is 0.465 e. The fourth-order valence-electron chi connectivity index (χ4n) is 5.24. The first-order valence-corrected chi connectivity index (χ1v) is 16.5. The minimum absolute atomic E-state index is 0.0207. The van der Waals surface area contributed by atoms with Crippen LogP contribution in [0.25, 0.3) is 11.1 Å². The molecule has 9 nitrogen and oxygen atoms in total. The normalized spacial score (nSPS) is 13.3. The maximum atomic E-state index is 13.0. The smallest absolute Gasteiger partial charge is 0.306 e. The van der Waals surface area contributed by atoms with Gasteiger partial charge in [-0.1, -0.05) is 84.9 Å². The molecule has 4 aromatic rings. The fourth-order valence-corrected chi connectivity index (χ4v) is 5.96. The number of hydrogen-bond acceptors (Lipinski definition) is 6. The third-order valence-electron chi connectivity index (χ3n) is 7.89. The summed E-state index contributed by atoms with van der Waals surface area (Å²) in [6.07, 6.45) is 2.75. The van der Waals surface area contributed by atoms with E-state index in [9.17, 15) is 18.0 Å². The first-order valence-electron chi connectivity index (χ1n) is 15.1. The first-order chi connectivity index (χ1) is 22.0. The number of benzene rings is 4. The second kappa shape index (κ2) is 16.0. The summed E-state index contributed by atoms with van der Waals surface area (Å²) in [5.74, 6) is 0.162. The molecule has 0 bridgehead atoms. The Morgan fingerprint density at radius 3 is 1.91 bits per heavy atom. The Balaban J connectivity index is 0.000000369. The number of carbonyl (C=O) groups is 2. The number of aryl methyl sites for hydroxylation is 1. The molecule has 5 rings (SSSR count). The third-order valence-corrected chi connectivity index (χ3v) is 8.90. The zero-order valence-corrected chi connectivity index (χ0v) is 26.6. The van der Waals surface area contributed by atoms with E-state index in [2.05, 4.69) is 0 Å². The molecule has 4 aromatic carbocycles. The van der Waals surface area contributed by atoms with E-state index in [0.29, 0.717) is 42.8 Å². The Bertz CT molecular complexity index is 1730. The standard InChI is InChI=1S/C29H31N3O3.C7H8O3S/c30-28(31)25-10-6-23(7-11-25)24-8-12-26(13-9-24)29(34)32-17-14-22(15-18-32)20-27(33)35-19-16-21-4-2-1-3-5-21;1-6-4-2-3-5-7(6)11(8,9)10/h1-13,22H,14-20H2,(H3,30,31);2-5H,1H3,(H,8,9,10). The Morgan fingerprint density at radius 1 is 0.848 bits per heavy atom. The van der Waals surface area contributed by atoms with Gasteiger partial charge in [-0.2, -0.15) is 8.42 Å². The molecular formula is C36H39N3O6S. The Hall–Kier alpha value is -4.80. The Labute approximate surface area is 270 Å². The van der Waals surface area contributed by atoms with Crippen LogP contribution < -0.4 is 5.73 Å². The first kappa shape index (κ1) is 34.1. The van der Waals surface area contributed by atoms with Crippen LogP contribution in [0.3, 0.4) is 0 Å². The van der Waals surface area contributed by atoms with Crippen LogP contribution in [0.2, 0.25) is 0 Å². The summed E-state index contributed by atoms with van der Waals surface area (Å²) < 4.78 is 35.3. The molecule has 240 valence electrons. The van der Waals surface area contributed by atoms with Crippen LogP contribution in [-0.4, -0.2) is 55.3 Å². The van der Waals surface area contributed by atoms with Crippen LogP contribution >= 0.6 is 0 Å². The molecule has 0 radical (unpaired) electrons. The lowest BCUT2D eigenvalue weighted by molar-refractivity contribution is -0.145.